The summed E-state index contributed by atoms with van der Waals surface area (Å²) < 4.78 is 30.7. The van der Waals surface area contributed by atoms with Gasteiger partial charge in [-0.15, -0.1) is 0 Å². The number of rotatable bonds is 7. The first kappa shape index (κ1) is 17.0. The molecule has 0 fully saturated rings. The van der Waals surface area contributed by atoms with Crippen LogP contribution in [0.25, 0.3) is 0 Å². The molecule has 0 saturated carbocycles. The molecule has 6 nitrogen and oxygen atoms in total. The number of hydrogen-bond donors (Lipinski definition) is 2. The van der Waals surface area contributed by atoms with E-state index < -0.39 is 16.0 Å². The van der Waals surface area contributed by atoms with Gasteiger partial charge in [-0.1, -0.05) is 23.2 Å². The van der Waals surface area contributed by atoms with Crippen LogP contribution in [0.1, 0.15) is 17.3 Å². The third-order valence-electron chi connectivity index (χ3n) is 2.25. The number of sulfonamides is 1. The van der Waals surface area contributed by atoms with E-state index in [2.05, 4.69) is 4.72 Å². The van der Waals surface area contributed by atoms with E-state index in [4.69, 9.17) is 33.0 Å². The molecule has 0 aliphatic heterocycles. The van der Waals surface area contributed by atoms with Crippen molar-refractivity contribution in [2.75, 3.05) is 23.7 Å². The van der Waals surface area contributed by atoms with Crippen LogP contribution in [0.3, 0.4) is 0 Å². The van der Waals surface area contributed by atoms with Gasteiger partial charge in [0.25, 0.3) is 0 Å². The lowest BCUT2D eigenvalue weighted by Gasteiger charge is -2.12. The minimum atomic E-state index is -3.68. The van der Waals surface area contributed by atoms with Crippen molar-refractivity contribution < 1.29 is 23.1 Å². The molecule has 0 aromatic heterocycles. The molecule has 0 saturated heterocycles. The van der Waals surface area contributed by atoms with Gasteiger partial charge < -0.3 is 9.84 Å². The molecule has 0 aliphatic carbocycles. The van der Waals surface area contributed by atoms with Crippen molar-refractivity contribution in [2.24, 2.45) is 0 Å². The molecule has 0 atom stereocenters. The highest BCUT2D eigenvalue weighted by molar-refractivity contribution is 7.92. The Bertz CT molecular complexity index is 580. The standard InChI is InChI=1S/C11H13Cl2NO5S/c1-2-19-3-4-20(17,18)14-10-8(12)5-7(11(15)16)6-9(10)13/h5-6,14H,2-4H2,1H3,(H,15,16). The Morgan fingerprint density at radius 2 is 1.90 bits per heavy atom. The molecule has 112 valence electrons. The Morgan fingerprint density at radius 1 is 1.35 bits per heavy atom. The van der Waals surface area contributed by atoms with E-state index in [0.717, 1.165) is 12.1 Å². The Labute approximate surface area is 126 Å². The molecule has 0 amide bonds. The van der Waals surface area contributed by atoms with Crippen LogP contribution in [0.4, 0.5) is 5.69 Å². The highest BCUT2D eigenvalue weighted by atomic mass is 35.5. The van der Waals surface area contributed by atoms with Crippen LogP contribution >= 0.6 is 23.2 Å². The van der Waals surface area contributed by atoms with Gasteiger partial charge in [-0.05, 0) is 19.1 Å². The maximum Gasteiger partial charge on any atom is 0.335 e. The van der Waals surface area contributed by atoms with Crippen molar-refractivity contribution in [1.29, 1.82) is 0 Å². The number of carbonyl (C=O) groups is 1. The van der Waals surface area contributed by atoms with E-state index in [1.54, 1.807) is 6.92 Å². The van der Waals surface area contributed by atoms with Crippen LogP contribution in [0.5, 0.6) is 0 Å². The van der Waals surface area contributed by atoms with Gasteiger partial charge in [-0.25, -0.2) is 13.2 Å². The zero-order chi connectivity index (χ0) is 15.3. The maximum absolute atomic E-state index is 11.8. The van der Waals surface area contributed by atoms with Gasteiger partial charge in [0.2, 0.25) is 10.0 Å². The van der Waals surface area contributed by atoms with E-state index in [1.807, 2.05) is 0 Å². The van der Waals surface area contributed by atoms with E-state index in [9.17, 15) is 13.2 Å². The number of ether oxygens (including phenoxy) is 1. The molecule has 20 heavy (non-hydrogen) atoms. The van der Waals surface area contributed by atoms with Crippen molar-refractivity contribution in [3.8, 4) is 0 Å². The van der Waals surface area contributed by atoms with Crippen molar-refractivity contribution in [2.45, 2.75) is 6.92 Å². The summed E-state index contributed by atoms with van der Waals surface area (Å²) in [4.78, 5) is 10.8. The predicted octanol–water partition coefficient (Wildman–Crippen LogP) is 2.47. The summed E-state index contributed by atoms with van der Waals surface area (Å²) in [7, 11) is -3.68. The molecule has 0 heterocycles. The molecule has 0 radical (unpaired) electrons. The average molecular weight is 342 g/mol. The highest BCUT2D eigenvalue weighted by Gasteiger charge is 2.17. The van der Waals surface area contributed by atoms with E-state index >= 15 is 0 Å². The van der Waals surface area contributed by atoms with Crippen LogP contribution < -0.4 is 4.72 Å². The van der Waals surface area contributed by atoms with Crippen molar-refractivity contribution in [3.63, 3.8) is 0 Å². The summed E-state index contributed by atoms with van der Waals surface area (Å²) in [6, 6.07) is 2.24. The SMILES string of the molecule is CCOCCS(=O)(=O)Nc1c(Cl)cc(C(=O)O)cc1Cl. The summed E-state index contributed by atoms with van der Waals surface area (Å²) in [5.41, 5.74) is -0.174. The summed E-state index contributed by atoms with van der Waals surface area (Å²) in [5.74, 6) is -1.46. The van der Waals surface area contributed by atoms with E-state index in [-0.39, 0.29) is 33.7 Å². The summed E-state index contributed by atoms with van der Waals surface area (Å²) in [6.07, 6.45) is 0. The van der Waals surface area contributed by atoms with Crippen LogP contribution in [0.2, 0.25) is 10.0 Å². The first-order valence-corrected chi connectivity index (χ1v) is 7.98. The fourth-order valence-electron chi connectivity index (χ4n) is 1.31. The molecule has 0 unspecified atom stereocenters. The maximum atomic E-state index is 11.8. The molecular weight excluding hydrogens is 329 g/mol. The second-order valence-corrected chi connectivity index (χ2v) is 6.39. The Kier molecular flexibility index (Phi) is 6.07. The molecule has 1 rings (SSSR count). The lowest BCUT2D eigenvalue weighted by molar-refractivity contribution is 0.0697. The minimum Gasteiger partial charge on any atom is -0.478 e. The molecule has 0 spiro atoms. The van der Waals surface area contributed by atoms with Crippen LogP contribution in [-0.4, -0.2) is 38.5 Å². The summed E-state index contributed by atoms with van der Waals surface area (Å²) >= 11 is 11.7. The summed E-state index contributed by atoms with van der Waals surface area (Å²) in [5, 5.41) is 8.65. The van der Waals surface area contributed by atoms with Crippen LogP contribution in [0.15, 0.2) is 12.1 Å². The molecule has 9 heteroatoms. The lowest BCUT2D eigenvalue weighted by atomic mass is 10.2. The van der Waals surface area contributed by atoms with Gasteiger partial charge in [0, 0.05) is 6.61 Å². The van der Waals surface area contributed by atoms with Gasteiger partial charge in [0.1, 0.15) is 0 Å². The second kappa shape index (κ2) is 7.12. The summed E-state index contributed by atoms with van der Waals surface area (Å²) in [6.45, 7) is 2.19. The molecule has 1 aromatic rings. The van der Waals surface area contributed by atoms with Gasteiger partial charge >= 0.3 is 5.97 Å². The number of hydrogen-bond acceptors (Lipinski definition) is 4. The van der Waals surface area contributed by atoms with Crippen molar-refractivity contribution in [1.82, 2.24) is 0 Å². The molecule has 1 aromatic carbocycles. The van der Waals surface area contributed by atoms with Gasteiger partial charge in [-0.3, -0.25) is 4.72 Å². The lowest BCUT2D eigenvalue weighted by Crippen LogP contribution is -2.20. The topological polar surface area (TPSA) is 92.7 Å². The Balaban J connectivity index is 2.95. The van der Waals surface area contributed by atoms with Crippen molar-refractivity contribution >= 4 is 44.9 Å². The molecule has 0 bridgehead atoms. The number of carboxylic acids is 1. The zero-order valence-corrected chi connectivity index (χ0v) is 12.8. The predicted molar refractivity (Wildman–Crippen MR) is 77.3 cm³/mol. The monoisotopic (exact) mass is 341 g/mol. The quantitative estimate of drug-likeness (QED) is 0.743. The highest BCUT2D eigenvalue weighted by Crippen LogP contribution is 2.32. The Morgan fingerprint density at radius 3 is 2.35 bits per heavy atom. The van der Waals surface area contributed by atoms with E-state index in [0.29, 0.717) is 6.61 Å². The average Bonchev–Trinajstić information content (AvgIpc) is 2.33. The first-order chi connectivity index (χ1) is 9.26. The van der Waals surface area contributed by atoms with E-state index in [1.165, 1.54) is 0 Å². The number of halogens is 2. The number of carboxylic acid groups (broad SMARTS) is 1. The zero-order valence-electron chi connectivity index (χ0n) is 10.5. The fraction of sp³-hybridized carbons (Fsp3) is 0.364. The fourth-order valence-corrected chi connectivity index (χ4v) is 2.98. The Hall–Kier alpha value is -1.02. The van der Waals surface area contributed by atoms with Gasteiger partial charge in [-0.2, -0.15) is 0 Å². The van der Waals surface area contributed by atoms with Crippen molar-refractivity contribution in [3.05, 3.63) is 27.7 Å². The number of aromatic carboxylic acids is 1. The smallest absolute Gasteiger partial charge is 0.335 e. The molecule has 0 aliphatic rings. The normalized spacial score (nSPS) is 11.3. The number of nitrogens with one attached hydrogen (secondary N) is 1. The first-order valence-electron chi connectivity index (χ1n) is 5.57. The van der Waals surface area contributed by atoms with Gasteiger partial charge in [0.05, 0.1) is 33.7 Å². The van der Waals surface area contributed by atoms with Crippen LogP contribution in [0, 0.1) is 0 Å². The van der Waals surface area contributed by atoms with Gasteiger partial charge in [0.15, 0.2) is 0 Å². The minimum absolute atomic E-state index is 0.0360. The molecular formula is C11H13Cl2NO5S. The third-order valence-corrected chi connectivity index (χ3v) is 4.06. The van der Waals surface area contributed by atoms with Crippen LogP contribution in [-0.2, 0) is 14.8 Å². The largest absolute Gasteiger partial charge is 0.478 e. The second-order valence-electron chi connectivity index (χ2n) is 3.74. The molecule has 2 N–H and O–H groups in total. The number of benzene rings is 1. The third kappa shape index (κ3) is 4.82. The number of anilines is 1.